The van der Waals surface area contributed by atoms with Gasteiger partial charge in [0.05, 0.1) is 24.0 Å². The van der Waals surface area contributed by atoms with Crippen molar-refractivity contribution in [3.05, 3.63) is 96.1 Å². The zero-order chi connectivity index (χ0) is 32.1. The summed E-state index contributed by atoms with van der Waals surface area (Å²) in [6.07, 6.45) is 0. The van der Waals surface area contributed by atoms with Gasteiger partial charge in [-0.2, -0.15) is 8.61 Å². The minimum Gasteiger partial charge on any atom is -0.497 e. The van der Waals surface area contributed by atoms with Gasteiger partial charge in [0.2, 0.25) is 20.0 Å². The molecule has 0 aromatic heterocycles. The van der Waals surface area contributed by atoms with Crippen LogP contribution >= 0.6 is 0 Å². The lowest BCUT2D eigenvalue weighted by molar-refractivity contribution is -0.138. The zero-order valence-corrected chi connectivity index (χ0v) is 25.4. The molecular weight excluding hydrogens is 612 g/mol. The Morgan fingerprint density at radius 1 is 0.591 bits per heavy atom. The SMILES string of the molecule is COc1ccc(S(=O)(=O)N(CC(=O)O)Cc2ccc(CN(CC(=O)O)S(=O)(=O)c3ccc(OC)cc3)c3ccccc23)cc1. The third-order valence-corrected chi connectivity index (χ3v) is 10.4. The van der Waals surface area contributed by atoms with Crippen molar-refractivity contribution < 1.29 is 46.1 Å². The van der Waals surface area contributed by atoms with Gasteiger partial charge in [0.25, 0.3) is 0 Å². The molecule has 0 radical (unpaired) electrons. The highest BCUT2D eigenvalue weighted by Crippen LogP contribution is 2.29. The number of fused-ring (bicyclic) bond motifs is 1. The van der Waals surface area contributed by atoms with Gasteiger partial charge < -0.3 is 19.7 Å². The van der Waals surface area contributed by atoms with E-state index in [1.807, 2.05) is 0 Å². The van der Waals surface area contributed by atoms with Crippen molar-refractivity contribution in [1.82, 2.24) is 8.61 Å². The summed E-state index contributed by atoms with van der Waals surface area (Å²) in [4.78, 5) is 23.2. The molecule has 0 heterocycles. The maximum atomic E-state index is 13.5. The van der Waals surface area contributed by atoms with Gasteiger partial charge in [0, 0.05) is 13.1 Å². The fourth-order valence-corrected chi connectivity index (χ4v) is 7.36. The molecule has 232 valence electrons. The minimum atomic E-state index is -4.25. The number of carbonyl (C=O) groups is 2. The number of carboxylic acid groups (broad SMARTS) is 2. The smallest absolute Gasteiger partial charge is 0.318 e. The van der Waals surface area contributed by atoms with E-state index in [2.05, 4.69) is 0 Å². The van der Waals surface area contributed by atoms with E-state index in [-0.39, 0.29) is 22.9 Å². The normalized spacial score (nSPS) is 12.0. The van der Waals surface area contributed by atoms with Crippen LogP contribution in [0.5, 0.6) is 11.5 Å². The van der Waals surface area contributed by atoms with Crippen LogP contribution in [-0.4, -0.2) is 74.9 Å². The maximum Gasteiger partial charge on any atom is 0.318 e. The third kappa shape index (κ3) is 7.17. The van der Waals surface area contributed by atoms with Crippen molar-refractivity contribution in [3.63, 3.8) is 0 Å². The summed E-state index contributed by atoms with van der Waals surface area (Å²) in [6.45, 7) is -2.22. The highest BCUT2D eigenvalue weighted by molar-refractivity contribution is 7.89. The number of aliphatic carboxylic acids is 2. The third-order valence-electron chi connectivity index (χ3n) is 6.82. The van der Waals surface area contributed by atoms with Crippen LogP contribution in [0.3, 0.4) is 0 Å². The standard InChI is InChI=1S/C30H30N2O10S2/c1-41-23-9-13-25(14-10-23)43(37,38)31(19-29(33)34)17-21-7-8-22(28-6-4-3-5-27(21)28)18-32(20-30(35)36)44(39,40)26-15-11-24(42-2)12-16-26/h3-16H,17-20H2,1-2H3,(H,33,34)(H,35,36). The first-order chi connectivity index (χ1) is 20.9. The Kier molecular flexibility index (Phi) is 9.89. The minimum absolute atomic E-state index is 0.117. The number of carboxylic acids is 2. The highest BCUT2D eigenvalue weighted by Gasteiger charge is 2.30. The molecule has 0 bridgehead atoms. The van der Waals surface area contributed by atoms with Crippen molar-refractivity contribution in [2.45, 2.75) is 22.9 Å². The fourth-order valence-electron chi connectivity index (χ4n) is 4.63. The summed E-state index contributed by atoms with van der Waals surface area (Å²) >= 11 is 0. The van der Waals surface area contributed by atoms with Crippen LogP contribution < -0.4 is 9.47 Å². The van der Waals surface area contributed by atoms with E-state index in [4.69, 9.17) is 9.47 Å². The van der Waals surface area contributed by atoms with Crippen molar-refractivity contribution in [2.75, 3.05) is 27.3 Å². The number of hydrogen-bond donors (Lipinski definition) is 2. The molecule has 44 heavy (non-hydrogen) atoms. The Morgan fingerprint density at radius 3 is 1.23 bits per heavy atom. The van der Waals surface area contributed by atoms with E-state index < -0.39 is 45.1 Å². The first-order valence-electron chi connectivity index (χ1n) is 13.1. The molecule has 12 nitrogen and oxygen atoms in total. The van der Waals surface area contributed by atoms with Crippen LogP contribution in [-0.2, 0) is 42.7 Å². The average Bonchev–Trinajstić information content (AvgIpc) is 3.01. The summed E-state index contributed by atoms with van der Waals surface area (Å²) in [5, 5.41) is 20.2. The summed E-state index contributed by atoms with van der Waals surface area (Å²) in [7, 11) is -5.63. The van der Waals surface area contributed by atoms with Gasteiger partial charge in [0.15, 0.2) is 0 Å². The fraction of sp³-hybridized carbons (Fsp3) is 0.200. The largest absolute Gasteiger partial charge is 0.497 e. The Hall–Kier alpha value is -4.50. The Labute approximate surface area is 254 Å². The van der Waals surface area contributed by atoms with E-state index in [0.29, 0.717) is 33.4 Å². The van der Waals surface area contributed by atoms with Crippen molar-refractivity contribution in [1.29, 1.82) is 0 Å². The number of ether oxygens (including phenoxy) is 2. The second-order valence-electron chi connectivity index (χ2n) is 9.61. The molecule has 0 amide bonds. The zero-order valence-electron chi connectivity index (χ0n) is 23.8. The molecule has 2 N–H and O–H groups in total. The predicted octanol–water partition coefficient (Wildman–Crippen LogP) is 3.41. The van der Waals surface area contributed by atoms with Crippen molar-refractivity contribution in [3.8, 4) is 11.5 Å². The Balaban J connectivity index is 1.73. The molecule has 0 saturated heterocycles. The lowest BCUT2D eigenvalue weighted by Gasteiger charge is -2.24. The van der Waals surface area contributed by atoms with E-state index in [9.17, 15) is 36.6 Å². The van der Waals surface area contributed by atoms with Crippen LogP contribution in [0.25, 0.3) is 10.8 Å². The van der Waals surface area contributed by atoms with Gasteiger partial charge in [-0.05, 0) is 70.4 Å². The second-order valence-corrected chi connectivity index (χ2v) is 13.5. The number of hydrogen-bond acceptors (Lipinski definition) is 8. The number of methoxy groups -OCH3 is 2. The van der Waals surface area contributed by atoms with Gasteiger partial charge in [-0.3, -0.25) is 9.59 Å². The first kappa shape index (κ1) is 32.4. The molecule has 0 unspecified atom stereocenters. The van der Waals surface area contributed by atoms with Gasteiger partial charge in [-0.1, -0.05) is 36.4 Å². The van der Waals surface area contributed by atoms with E-state index >= 15 is 0 Å². The number of sulfonamides is 2. The van der Waals surface area contributed by atoms with Gasteiger partial charge in [0.1, 0.15) is 24.6 Å². The monoisotopic (exact) mass is 642 g/mol. The molecule has 0 atom stereocenters. The van der Waals surface area contributed by atoms with E-state index in [0.717, 1.165) is 8.61 Å². The topological polar surface area (TPSA) is 168 Å². The summed E-state index contributed by atoms with van der Waals surface area (Å²) < 4.78 is 65.8. The van der Waals surface area contributed by atoms with Gasteiger partial charge in [-0.25, -0.2) is 16.8 Å². The van der Waals surface area contributed by atoms with Gasteiger partial charge >= 0.3 is 11.9 Å². The molecule has 0 fully saturated rings. The Bertz CT molecular complexity index is 1740. The second kappa shape index (κ2) is 13.4. The van der Waals surface area contributed by atoms with Crippen LogP contribution in [0.4, 0.5) is 0 Å². The van der Waals surface area contributed by atoms with E-state index in [1.54, 1.807) is 36.4 Å². The summed E-state index contributed by atoms with van der Waals surface area (Å²) in [6, 6.07) is 21.1. The van der Waals surface area contributed by atoms with Crippen LogP contribution in [0.1, 0.15) is 11.1 Å². The molecular formula is C30H30N2O10S2. The maximum absolute atomic E-state index is 13.5. The first-order valence-corrected chi connectivity index (χ1v) is 16.0. The molecule has 0 aliphatic heterocycles. The van der Waals surface area contributed by atoms with Crippen molar-refractivity contribution >= 4 is 42.8 Å². The number of rotatable bonds is 14. The van der Waals surface area contributed by atoms with Crippen LogP contribution in [0.15, 0.2) is 94.7 Å². The lowest BCUT2D eigenvalue weighted by atomic mass is 9.99. The quantitative estimate of drug-likeness (QED) is 0.208. The van der Waals surface area contributed by atoms with E-state index in [1.165, 1.54) is 62.8 Å². The van der Waals surface area contributed by atoms with Crippen LogP contribution in [0.2, 0.25) is 0 Å². The molecule has 0 saturated carbocycles. The molecule has 0 aliphatic rings. The molecule has 4 aromatic carbocycles. The highest BCUT2D eigenvalue weighted by atomic mass is 32.2. The average molecular weight is 643 g/mol. The molecule has 0 spiro atoms. The number of nitrogens with zero attached hydrogens (tertiary/aromatic N) is 2. The summed E-state index contributed by atoms with van der Waals surface area (Å²) in [5.41, 5.74) is 0.927. The molecule has 4 aromatic rings. The molecule has 14 heteroatoms. The lowest BCUT2D eigenvalue weighted by Crippen LogP contribution is -2.35. The predicted molar refractivity (Wildman–Crippen MR) is 160 cm³/mol. The molecule has 4 rings (SSSR count). The molecule has 0 aliphatic carbocycles. The number of benzene rings is 4. The van der Waals surface area contributed by atoms with Crippen LogP contribution in [0, 0.1) is 0 Å². The van der Waals surface area contributed by atoms with Crippen molar-refractivity contribution in [2.24, 2.45) is 0 Å². The Morgan fingerprint density at radius 2 is 0.932 bits per heavy atom. The summed E-state index contributed by atoms with van der Waals surface area (Å²) in [5.74, 6) is -1.84. The van der Waals surface area contributed by atoms with Gasteiger partial charge in [-0.15, -0.1) is 0 Å².